The predicted molar refractivity (Wildman–Crippen MR) is 71.9 cm³/mol. The molecule has 1 saturated heterocycles. The summed E-state index contributed by atoms with van der Waals surface area (Å²) in [7, 11) is 0. The van der Waals surface area contributed by atoms with E-state index in [0.29, 0.717) is 5.92 Å². The van der Waals surface area contributed by atoms with Crippen molar-refractivity contribution in [1.29, 1.82) is 0 Å². The fourth-order valence-corrected chi connectivity index (χ4v) is 3.97. The van der Waals surface area contributed by atoms with Crippen molar-refractivity contribution in [2.24, 2.45) is 23.2 Å². The number of aliphatic hydroxyl groups excluding tert-OH is 1. The van der Waals surface area contributed by atoms with Gasteiger partial charge in [0.15, 0.2) is 0 Å². The first-order valence-corrected chi connectivity index (χ1v) is 7.29. The lowest BCUT2D eigenvalue weighted by Gasteiger charge is -2.37. The summed E-state index contributed by atoms with van der Waals surface area (Å²) in [5.41, 5.74) is 0.137. The Morgan fingerprint density at radius 2 is 1.76 bits per heavy atom. The maximum absolute atomic E-state index is 10.4. The molecule has 0 aromatic carbocycles. The second kappa shape index (κ2) is 4.89. The van der Waals surface area contributed by atoms with E-state index in [1.165, 1.54) is 32.4 Å². The van der Waals surface area contributed by atoms with Crippen LogP contribution in [0.5, 0.6) is 0 Å². The van der Waals surface area contributed by atoms with Crippen LogP contribution in [0, 0.1) is 23.2 Å². The van der Waals surface area contributed by atoms with Gasteiger partial charge < -0.3 is 10.0 Å². The van der Waals surface area contributed by atoms with Crippen LogP contribution in [-0.2, 0) is 0 Å². The largest absolute Gasteiger partial charge is 0.392 e. The molecule has 1 N–H and O–H groups in total. The number of piperidine rings is 1. The Hall–Kier alpha value is -0.0800. The van der Waals surface area contributed by atoms with Gasteiger partial charge in [-0.1, -0.05) is 27.7 Å². The second-order valence-corrected chi connectivity index (χ2v) is 7.40. The van der Waals surface area contributed by atoms with Crippen molar-refractivity contribution in [3.05, 3.63) is 0 Å². The topological polar surface area (TPSA) is 23.5 Å². The van der Waals surface area contributed by atoms with Crippen LogP contribution in [-0.4, -0.2) is 35.7 Å². The number of likely N-dealkylation sites (tertiary alicyclic amines) is 1. The van der Waals surface area contributed by atoms with Gasteiger partial charge in [0.25, 0.3) is 0 Å². The van der Waals surface area contributed by atoms with Crippen molar-refractivity contribution < 1.29 is 5.11 Å². The van der Waals surface area contributed by atoms with Crippen molar-refractivity contribution in [3.8, 4) is 0 Å². The molecule has 1 saturated carbocycles. The highest BCUT2D eigenvalue weighted by Gasteiger charge is 2.41. The fourth-order valence-electron chi connectivity index (χ4n) is 3.97. The van der Waals surface area contributed by atoms with Crippen LogP contribution in [0.15, 0.2) is 0 Å². The van der Waals surface area contributed by atoms with Gasteiger partial charge in [0, 0.05) is 19.6 Å². The molecule has 1 aliphatic carbocycles. The lowest BCUT2D eigenvalue weighted by molar-refractivity contribution is 0.0226. The average Bonchev–Trinajstić information content (AvgIpc) is 2.44. The van der Waals surface area contributed by atoms with Crippen LogP contribution in [0.4, 0.5) is 0 Å². The first-order chi connectivity index (χ1) is 7.88. The van der Waals surface area contributed by atoms with Gasteiger partial charge in [-0.3, -0.25) is 0 Å². The molecule has 0 radical (unpaired) electrons. The molecule has 2 heteroatoms. The monoisotopic (exact) mass is 239 g/mol. The molecule has 4 unspecified atom stereocenters. The molecule has 2 rings (SSSR count). The highest BCUT2D eigenvalue weighted by Crippen LogP contribution is 2.41. The zero-order valence-electron chi connectivity index (χ0n) is 11.9. The minimum atomic E-state index is -0.102. The van der Waals surface area contributed by atoms with Crippen molar-refractivity contribution >= 4 is 0 Å². The van der Waals surface area contributed by atoms with Gasteiger partial charge in [-0.15, -0.1) is 0 Å². The molecule has 1 heterocycles. The quantitative estimate of drug-likeness (QED) is 0.801. The number of hydrogen-bond donors (Lipinski definition) is 1. The first kappa shape index (κ1) is 13.4. The van der Waals surface area contributed by atoms with Gasteiger partial charge in [0.2, 0.25) is 0 Å². The summed E-state index contributed by atoms with van der Waals surface area (Å²) in [6.07, 6.45) is 3.65. The standard InChI is InChI=1S/C15H29NO/c1-11-7-12(2)9-16(8-11)10-13-5-6-15(3,4)14(13)17/h11-14,17H,5-10H2,1-4H3. The Morgan fingerprint density at radius 1 is 1.18 bits per heavy atom. The molecular weight excluding hydrogens is 210 g/mol. The number of hydrogen-bond acceptors (Lipinski definition) is 2. The highest BCUT2D eigenvalue weighted by molar-refractivity contribution is 4.92. The number of rotatable bonds is 2. The normalized spacial score (nSPS) is 42.9. The average molecular weight is 239 g/mol. The fraction of sp³-hybridized carbons (Fsp3) is 1.00. The van der Waals surface area contributed by atoms with E-state index in [0.717, 1.165) is 18.4 Å². The first-order valence-electron chi connectivity index (χ1n) is 7.29. The Kier molecular flexibility index (Phi) is 3.84. The molecule has 4 atom stereocenters. The van der Waals surface area contributed by atoms with Crippen molar-refractivity contribution in [3.63, 3.8) is 0 Å². The van der Waals surface area contributed by atoms with Crippen LogP contribution >= 0.6 is 0 Å². The van der Waals surface area contributed by atoms with E-state index in [4.69, 9.17) is 0 Å². The van der Waals surface area contributed by atoms with E-state index in [2.05, 4.69) is 32.6 Å². The molecule has 0 aromatic heterocycles. The molecule has 0 aromatic rings. The summed E-state index contributed by atoms with van der Waals surface area (Å²) in [6, 6.07) is 0. The number of aliphatic hydroxyl groups is 1. The third-order valence-electron chi connectivity index (χ3n) is 4.84. The van der Waals surface area contributed by atoms with Gasteiger partial charge >= 0.3 is 0 Å². The lowest BCUT2D eigenvalue weighted by atomic mass is 9.86. The SMILES string of the molecule is CC1CC(C)CN(CC2CCC(C)(C)C2O)C1. The molecule has 0 bridgehead atoms. The van der Waals surface area contributed by atoms with E-state index in [9.17, 15) is 5.11 Å². The Morgan fingerprint density at radius 3 is 2.24 bits per heavy atom. The van der Waals surface area contributed by atoms with Crippen LogP contribution in [0.25, 0.3) is 0 Å². The van der Waals surface area contributed by atoms with Crippen molar-refractivity contribution in [2.75, 3.05) is 19.6 Å². The minimum absolute atomic E-state index is 0.102. The summed E-state index contributed by atoms with van der Waals surface area (Å²) < 4.78 is 0. The van der Waals surface area contributed by atoms with Gasteiger partial charge in [0.05, 0.1) is 6.10 Å². The van der Waals surface area contributed by atoms with Crippen LogP contribution in [0.1, 0.15) is 47.0 Å². The second-order valence-electron chi connectivity index (χ2n) is 7.40. The molecule has 100 valence electrons. The zero-order valence-corrected chi connectivity index (χ0v) is 11.9. The highest BCUT2D eigenvalue weighted by atomic mass is 16.3. The van der Waals surface area contributed by atoms with Gasteiger partial charge in [-0.2, -0.15) is 0 Å². The summed E-state index contributed by atoms with van der Waals surface area (Å²) in [6.45, 7) is 12.7. The van der Waals surface area contributed by atoms with Crippen molar-refractivity contribution in [1.82, 2.24) is 4.90 Å². The van der Waals surface area contributed by atoms with Gasteiger partial charge in [-0.05, 0) is 42.4 Å². The van der Waals surface area contributed by atoms with Crippen molar-refractivity contribution in [2.45, 2.75) is 53.1 Å². The summed E-state index contributed by atoms with van der Waals surface area (Å²) in [5.74, 6) is 2.15. The molecular formula is C15H29NO. The maximum atomic E-state index is 10.4. The van der Waals surface area contributed by atoms with Crippen LogP contribution in [0.2, 0.25) is 0 Å². The van der Waals surface area contributed by atoms with Crippen LogP contribution in [0.3, 0.4) is 0 Å². The smallest absolute Gasteiger partial charge is 0.0631 e. The maximum Gasteiger partial charge on any atom is 0.0631 e. The summed E-state index contributed by atoms with van der Waals surface area (Å²) in [5, 5.41) is 10.4. The summed E-state index contributed by atoms with van der Waals surface area (Å²) >= 11 is 0. The third-order valence-corrected chi connectivity index (χ3v) is 4.84. The third kappa shape index (κ3) is 3.03. The Balaban J connectivity index is 1.89. The molecule has 2 aliphatic rings. The van der Waals surface area contributed by atoms with E-state index in [1.807, 2.05) is 0 Å². The zero-order chi connectivity index (χ0) is 12.6. The molecule has 1 aliphatic heterocycles. The Labute approximate surface area is 106 Å². The number of nitrogens with zero attached hydrogens (tertiary/aromatic N) is 1. The van der Waals surface area contributed by atoms with E-state index < -0.39 is 0 Å². The lowest BCUT2D eigenvalue weighted by Crippen LogP contribution is -2.43. The molecule has 0 spiro atoms. The molecule has 2 fully saturated rings. The predicted octanol–water partition coefficient (Wildman–Crippen LogP) is 2.76. The van der Waals surface area contributed by atoms with E-state index in [-0.39, 0.29) is 11.5 Å². The molecule has 0 amide bonds. The van der Waals surface area contributed by atoms with Crippen LogP contribution < -0.4 is 0 Å². The van der Waals surface area contributed by atoms with Gasteiger partial charge in [-0.25, -0.2) is 0 Å². The minimum Gasteiger partial charge on any atom is -0.392 e. The Bertz CT molecular complexity index is 254. The molecule has 2 nitrogen and oxygen atoms in total. The molecule has 17 heavy (non-hydrogen) atoms. The van der Waals surface area contributed by atoms with E-state index in [1.54, 1.807) is 0 Å². The van der Waals surface area contributed by atoms with E-state index >= 15 is 0 Å². The summed E-state index contributed by atoms with van der Waals surface area (Å²) in [4.78, 5) is 2.59. The van der Waals surface area contributed by atoms with Gasteiger partial charge in [0.1, 0.15) is 0 Å².